The van der Waals surface area contributed by atoms with Gasteiger partial charge in [0.05, 0.1) is 29.0 Å². The molecule has 0 aromatic carbocycles. The Hall–Kier alpha value is -1.95. The van der Waals surface area contributed by atoms with E-state index in [1.165, 1.54) is 16.9 Å². The second kappa shape index (κ2) is 5.92. The van der Waals surface area contributed by atoms with Gasteiger partial charge in [0.25, 0.3) is 5.91 Å². The van der Waals surface area contributed by atoms with Crippen molar-refractivity contribution in [1.82, 2.24) is 14.9 Å². The molecule has 2 aromatic heterocycles. The lowest BCUT2D eigenvalue weighted by atomic mass is 10.1. The molecule has 1 fully saturated rings. The molecule has 3 heterocycles. The van der Waals surface area contributed by atoms with E-state index in [0.29, 0.717) is 0 Å². The fourth-order valence-corrected chi connectivity index (χ4v) is 4.77. The molecule has 6 heteroatoms. The Morgan fingerprint density at radius 2 is 2.26 bits per heavy atom. The summed E-state index contributed by atoms with van der Waals surface area (Å²) in [6.07, 6.45) is 8.95. The largest absolute Gasteiger partial charge is 0.372 e. The predicted molar refractivity (Wildman–Crippen MR) is 90.9 cm³/mol. The maximum atomic E-state index is 13.0. The number of rotatable bonds is 3. The number of hydrogen-bond donors (Lipinski definition) is 1. The number of likely N-dealkylation sites (tertiary alicyclic amines) is 1. The third-order valence-corrected chi connectivity index (χ3v) is 5.95. The zero-order chi connectivity index (χ0) is 15.8. The summed E-state index contributed by atoms with van der Waals surface area (Å²) in [6.45, 7) is 0.803. The molecule has 1 amide bonds. The summed E-state index contributed by atoms with van der Waals surface area (Å²) in [6, 6.07) is 2.15. The summed E-state index contributed by atoms with van der Waals surface area (Å²) >= 11 is 1.68. The molecule has 1 aliphatic heterocycles. The lowest BCUT2D eigenvalue weighted by Gasteiger charge is -2.23. The number of aryl methyl sites for hydroxylation is 2. The van der Waals surface area contributed by atoms with Gasteiger partial charge in [0.2, 0.25) is 0 Å². The predicted octanol–water partition coefficient (Wildman–Crippen LogP) is 3.05. The molecule has 2 aromatic rings. The van der Waals surface area contributed by atoms with E-state index in [1.807, 2.05) is 11.9 Å². The molecule has 0 spiro atoms. The average molecular weight is 328 g/mol. The summed E-state index contributed by atoms with van der Waals surface area (Å²) in [4.78, 5) is 26.1. The Bertz CT molecular complexity index is 720. The van der Waals surface area contributed by atoms with Crippen LogP contribution < -0.4 is 5.32 Å². The number of aromatic nitrogens is 2. The van der Waals surface area contributed by atoms with E-state index in [0.717, 1.165) is 48.6 Å². The SMILES string of the molecule is CNc1cncc(C2CCCN2C(=O)c2cc3c(s2)CCC3)n1. The fourth-order valence-electron chi connectivity index (χ4n) is 3.56. The van der Waals surface area contributed by atoms with Crippen molar-refractivity contribution in [3.63, 3.8) is 0 Å². The smallest absolute Gasteiger partial charge is 0.264 e. The number of nitrogens with one attached hydrogen (secondary N) is 1. The Morgan fingerprint density at radius 1 is 1.35 bits per heavy atom. The van der Waals surface area contributed by atoms with Crippen LogP contribution in [0.4, 0.5) is 5.82 Å². The van der Waals surface area contributed by atoms with Crippen molar-refractivity contribution in [3.8, 4) is 0 Å². The van der Waals surface area contributed by atoms with Crippen molar-refractivity contribution in [2.45, 2.75) is 38.1 Å². The van der Waals surface area contributed by atoms with Gasteiger partial charge in [0.1, 0.15) is 5.82 Å². The van der Waals surface area contributed by atoms with E-state index in [2.05, 4.69) is 21.4 Å². The monoisotopic (exact) mass is 328 g/mol. The summed E-state index contributed by atoms with van der Waals surface area (Å²) in [5.41, 5.74) is 2.26. The van der Waals surface area contributed by atoms with Crippen LogP contribution in [0.2, 0.25) is 0 Å². The molecular weight excluding hydrogens is 308 g/mol. The first kappa shape index (κ1) is 14.6. The van der Waals surface area contributed by atoms with Gasteiger partial charge in [0, 0.05) is 18.5 Å². The number of carbonyl (C=O) groups is 1. The van der Waals surface area contributed by atoms with Gasteiger partial charge in [-0.2, -0.15) is 0 Å². The standard InChI is InChI=1S/C17H20N4OS/c1-18-16-10-19-9-12(20-16)13-5-3-7-21(13)17(22)15-8-11-4-2-6-14(11)23-15/h8-10,13H,2-7H2,1H3,(H,18,20). The van der Waals surface area contributed by atoms with Gasteiger partial charge >= 0.3 is 0 Å². The average Bonchev–Trinajstić information content (AvgIpc) is 3.29. The highest BCUT2D eigenvalue weighted by atomic mass is 32.1. The Balaban J connectivity index is 1.60. The topological polar surface area (TPSA) is 58.1 Å². The van der Waals surface area contributed by atoms with Crippen molar-refractivity contribution in [2.24, 2.45) is 0 Å². The molecule has 1 atom stereocenters. The summed E-state index contributed by atoms with van der Waals surface area (Å²) < 4.78 is 0. The Morgan fingerprint density at radius 3 is 3.09 bits per heavy atom. The molecule has 0 bridgehead atoms. The van der Waals surface area contributed by atoms with Crippen molar-refractivity contribution in [2.75, 3.05) is 18.9 Å². The first-order valence-corrected chi connectivity index (χ1v) is 9.00. The molecule has 4 rings (SSSR count). The van der Waals surface area contributed by atoms with E-state index >= 15 is 0 Å². The minimum Gasteiger partial charge on any atom is -0.372 e. The number of amides is 1. The second-order valence-electron chi connectivity index (χ2n) is 6.15. The Kier molecular flexibility index (Phi) is 3.77. The van der Waals surface area contributed by atoms with Gasteiger partial charge in [0.15, 0.2) is 0 Å². The van der Waals surface area contributed by atoms with Crippen LogP contribution in [-0.2, 0) is 12.8 Å². The number of nitrogens with zero attached hydrogens (tertiary/aromatic N) is 3. The molecule has 1 saturated heterocycles. The highest BCUT2D eigenvalue weighted by molar-refractivity contribution is 7.14. The molecule has 2 aliphatic rings. The zero-order valence-corrected chi connectivity index (χ0v) is 14.0. The number of fused-ring (bicyclic) bond motifs is 1. The van der Waals surface area contributed by atoms with Crippen LogP contribution >= 0.6 is 11.3 Å². The van der Waals surface area contributed by atoms with Crippen molar-refractivity contribution in [3.05, 3.63) is 39.5 Å². The van der Waals surface area contributed by atoms with Gasteiger partial charge in [-0.15, -0.1) is 11.3 Å². The van der Waals surface area contributed by atoms with Gasteiger partial charge in [-0.25, -0.2) is 4.98 Å². The quantitative estimate of drug-likeness (QED) is 0.941. The van der Waals surface area contributed by atoms with E-state index < -0.39 is 0 Å². The van der Waals surface area contributed by atoms with Crippen LogP contribution in [0.25, 0.3) is 0 Å². The number of carbonyl (C=O) groups excluding carboxylic acids is 1. The maximum Gasteiger partial charge on any atom is 0.264 e. The van der Waals surface area contributed by atoms with Crippen LogP contribution in [-0.4, -0.2) is 34.4 Å². The number of anilines is 1. The lowest BCUT2D eigenvalue weighted by Crippen LogP contribution is -2.30. The number of thiophene rings is 1. The first-order chi connectivity index (χ1) is 11.3. The second-order valence-corrected chi connectivity index (χ2v) is 7.29. The molecule has 1 unspecified atom stereocenters. The first-order valence-electron chi connectivity index (χ1n) is 8.18. The fraction of sp³-hybridized carbons (Fsp3) is 0.471. The van der Waals surface area contributed by atoms with Gasteiger partial charge in [-0.3, -0.25) is 9.78 Å². The van der Waals surface area contributed by atoms with E-state index in [4.69, 9.17) is 0 Å². The molecule has 120 valence electrons. The Labute approximate surface area is 139 Å². The van der Waals surface area contributed by atoms with Crippen molar-refractivity contribution in [1.29, 1.82) is 0 Å². The van der Waals surface area contributed by atoms with E-state index in [9.17, 15) is 4.79 Å². The zero-order valence-electron chi connectivity index (χ0n) is 13.2. The van der Waals surface area contributed by atoms with Crippen LogP contribution in [0.3, 0.4) is 0 Å². The van der Waals surface area contributed by atoms with Crippen molar-refractivity contribution >= 4 is 23.1 Å². The summed E-state index contributed by atoms with van der Waals surface area (Å²) in [5, 5.41) is 3.02. The van der Waals surface area contributed by atoms with Gasteiger partial charge in [-0.05, 0) is 43.7 Å². The van der Waals surface area contributed by atoms with Crippen LogP contribution in [0, 0.1) is 0 Å². The molecule has 1 N–H and O–H groups in total. The third-order valence-electron chi connectivity index (χ3n) is 4.72. The molecule has 1 aliphatic carbocycles. The van der Waals surface area contributed by atoms with Gasteiger partial charge < -0.3 is 10.2 Å². The molecule has 0 saturated carbocycles. The van der Waals surface area contributed by atoms with Crippen LogP contribution in [0.15, 0.2) is 18.5 Å². The lowest BCUT2D eigenvalue weighted by molar-refractivity contribution is 0.0737. The van der Waals surface area contributed by atoms with Crippen LogP contribution in [0.1, 0.15) is 51.1 Å². The van der Waals surface area contributed by atoms with E-state index in [-0.39, 0.29) is 11.9 Å². The maximum absolute atomic E-state index is 13.0. The highest BCUT2D eigenvalue weighted by Crippen LogP contribution is 2.36. The molecule has 5 nitrogen and oxygen atoms in total. The molecular formula is C17H20N4OS. The third kappa shape index (κ3) is 2.61. The summed E-state index contributed by atoms with van der Waals surface area (Å²) in [5.74, 6) is 0.903. The minimum absolute atomic E-state index is 0.0419. The van der Waals surface area contributed by atoms with Gasteiger partial charge in [-0.1, -0.05) is 0 Å². The molecule has 0 radical (unpaired) electrons. The van der Waals surface area contributed by atoms with E-state index in [1.54, 1.807) is 23.7 Å². The molecule has 23 heavy (non-hydrogen) atoms. The summed E-state index contributed by atoms with van der Waals surface area (Å²) in [7, 11) is 1.83. The minimum atomic E-state index is 0.0419. The number of hydrogen-bond acceptors (Lipinski definition) is 5. The van der Waals surface area contributed by atoms with Crippen molar-refractivity contribution < 1.29 is 4.79 Å². The van der Waals surface area contributed by atoms with Crippen LogP contribution in [0.5, 0.6) is 0 Å². The highest BCUT2D eigenvalue weighted by Gasteiger charge is 2.33. The normalized spacial score (nSPS) is 19.9.